The highest BCUT2D eigenvalue weighted by atomic mass is 16.5. The number of para-hydroxylation sites is 2. The van der Waals surface area contributed by atoms with Crippen molar-refractivity contribution in [2.24, 2.45) is 0 Å². The van der Waals surface area contributed by atoms with Crippen molar-refractivity contribution >= 4 is 23.5 Å². The number of nitrogens with one attached hydrogen (secondary N) is 2. The fourth-order valence-corrected chi connectivity index (χ4v) is 3.59. The summed E-state index contributed by atoms with van der Waals surface area (Å²) in [5.74, 6) is 0.545. The van der Waals surface area contributed by atoms with Crippen LogP contribution in [0.25, 0.3) is 0 Å². The van der Waals surface area contributed by atoms with Crippen molar-refractivity contribution in [1.82, 2.24) is 10.2 Å². The summed E-state index contributed by atoms with van der Waals surface area (Å²) in [4.78, 5) is 39.1. The van der Waals surface area contributed by atoms with Gasteiger partial charge in [-0.25, -0.2) is 4.79 Å². The zero-order chi connectivity index (χ0) is 22.0. The van der Waals surface area contributed by atoms with Crippen LogP contribution in [0.2, 0.25) is 0 Å². The molecule has 1 atom stereocenters. The summed E-state index contributed by atoms with van der Waals surface area (Å²) in [6.07, 6.45) is 0.756. The molecule has 2 aromatic rings. The summed E-state index contributed by atoms with van der Waals surface area (Å²) < 4.78 is 16.5. The Morgan fingerprint density at radius 3 is 2.68 bits per heavy atom. The summed E-state index contributed by atoms with van der Waals surface area (Å²) in [6, 6.07) is 11.4. The third-order valence-corrected chi connectivity index (χ3v) is 5.28. The second-order valence-corrected chi connectivity index (χ2v) is 7.41. The van der Waals surface area contributed by atoms with E-state index in [0.29, 0.717) is 41.7 Å². The molecule has 4 amide bonds. The molecule has 1 saturated heterocycles. The van der Waals surface area contributed by atoms with E-state index in [1.54, 1.807) is 49.4 Å². The zero-order valence-electron chi connectivity index (χ0n) is 17.3. The molecule has 9 nitrogen and oxygen atoms in total. The number of hydrogen-bond donors (Lipinski definition) is 2. The molecule has 2 heterocycles. The fraction of sp³-hybridized carbons (Fsp3) is 0.318. The van der Waals surface area contributed by atoms with Gasteiger partial charge in [0.25, 0.3) is 5.91 Å². The molecule has 0 unspecified atom stereocenters. The van der Waals surface area contributed by atoms with Crippen molar-refractivity contribution in [3.8, 4) is 17.2 Å². The maximum absolute atomic E-state index is 13.2. The number of fused-ring (bicyclic) bond motifs is 1. The smallest absolute Gasteiger partial charge is 0.325 e. The average molecular weight is 425 g/mol. The lowest BCUT2D eigenvalue weighted by atomic mass is 9.91. The summed E-state index contributed by atoms with van der Waals surface area (Å²) in [5, 5.41) is 5.37. The Bertz CT molecular complexity index is 1040. The average Bonchev–Trinajstić information content (AvgIpc) is 2.93. The third-order valence-electron chi connectivity index (χ3n) is 5.28. The van der Waals surface area contributed by atoms with Gasteiger partial charge in [-0.15, -0.1) is 0 Å². The lowest BCUT2D eigenvalue weighted by molar-refractivity contribution is -0.133. The molecular formula is C22H23N3O6. The third kappa shape index (κ3) is 3.86. The molecule has 0 aliphatic carbocycles. The van der Waals surface area contributed by atoms with Crippen LogP contribution < -0.4 is 24.8 Å². The number of amides is 4. The van der Waals surface area contributed by atoms with Gasteiger partial charge in [-0.3, -0.25) is 14.5 Å². The molecular weight excluding hydrogens is 402 g/mol. The summed E-state index contributed by atoms with van der Waals surface area (Å²) in [6.45, 7) is 2.23. The summed E-state index contributed by atoms with van der Waals surface area (Å²) >= 11 is 0. The topological polar surface area (TPSA) is 106 Å². The van der Waals surface area contributed by atoms with E-state index in [1.165, 1.54) is 7.11 Å². The van der Waals surface area contributed by atoms with Gasteiger partial charge in [0.1, 0.15) is 17.8 Å². The van der Waals surface area contributed by atoms with E-state index in [9.17, 15) is 14.4 Å². The minimum Gasteiger partial charge on any atom is -0.495 e. The summed E-state index contributed by atoms with van der Waals surface area (Å²) in [5.41, 5.74) is -0.331. The normalized spacial score (nSPS) is 20.1. The molecule has 2 aliphatic rings. The molecule has 4 rings (SSSR count). The standard InChI is InChI=1S/C22H23N3O6/c1-22(14-8-9-17-18(12-14)31-11-5-10-30-17)20(27)25(21(28)24-22)13-19(26)23-15-6-3-4-7-16(15)29-2/h3-4,6-9,12H,5,10-11,13H2,1-2H3,(H,23,26)(H,24,28)/t22-/m1/s1. The molecule has 0 spiro atoms. The van der Waals surface area contributed by atoms with Crippen LogP contribution in [0.15, 0.2) is 42.5 Å². The number of hydrogen-bond acceptors (Lipinski definition) is 6. The zero-order valence-corrected chi connectivity index (χ0v) is 17.3. The molecule has 9 heteroatoms. The van der Waals surface area contributed by atoms with E-state index < -0.39 is 29.9 Å². The maximum Gasteiger partial charge on any atom is 0.325 e. The predicted octanol–water partition coefficient (Wildman–Crippen LogP) is 2.26. The minimum absolute atomic E-state index is 0.428. The molecule has 0 bridgehead atoms. The van der Waals surface area contributed by atoms with Crippen molar-refractivity contribution in [2.45, 2.75) is 18.9 Å². The lowest BCUT2D eigenvalue weighted by Gasteiger charge is -2.23. The Hall–Kier alpha value is -3.75. The van der Waals surface area contributed by atoms with Gasteiger partial charge >= 0.3 is 6.03 Å². The predicted molar refractivity (Wildman–Crippen MR) is 111 cm³/mol. The molecule has 0 saturated carbocycles. The molecule has 0 aromatic heterocycles. The number of benzene rings is 2. The second kappa shape index (κ2) is 8.17. The monoisotopic (exact) mass is 425 g/mol. The first-order valence-electron chi connectivity index (χ1n) is 9.89. The Balaban J connectivity index is 1.52. The number of anilines is 1. The number of carbonyl (C=O) groups is 3. The summed E-state index contributed by atoms with van der Waals surface area (Å²) in [7, 11) is 1.49. The van der Waals surface area contributed by atoms with Crippen LogP contribution in [0.5, 0.6) is 17.2 Å². The second-order valence-electron chi connectivity index (χ2n) is 7.41. The van der Waals surface area contributed by atoms with E-state index >= 15 is 0 Å². The molecule has 1 fully saturated rings. The van der Waals surface area contributed by atoms with Crippen LogP contribution in [0.3, 0.4) is 0 Å². The van der Waals surface area contributed by atoms with E-state index in [4.69, 9.17) is 14.2 Å². The highest BCUT2D eigenvalue weighted by Gasteiger charge is 2.49. The number of methoxy groups -OCH3 is 1. The van der Waals surface area contributed by atoms with Gasteiger partial charge in [-0.05, 0) is 36.8 Å². The van der Waals surface area contributed by atoms with E-state index in [0.717, 1.165) is 11.3 Å². The Kier molecular flexibility index (Phi) is 5.41. The first-order valence-corrected chi connectivity index (χ1v) is 9.89. The van der Waals surface area contributed by atoms with Crippen LogP contribution in [-0.2, 0) is 15.1 Å². The van der Waals surface area contributed by atoms with Crippen LogP contribution in [-0.4, -0.2) is 49.6 Å². The van der Waals surface area contributed by atoms with Crippen molar-refractivity contribution in [2.75, 3.05) is 32.2 Å². The van der Waals surface area contributed by atoms with Gasteiger partial charge in [-0.2, -0.15) is 0 Å². The van der Waals surface area contributed by atoms with E-state index in [-0.39, 0.29) is 0 Å². The number of ether oxygens (including phenoxy) is 3. The number of carbonyl (C=O) groups excluding carboxylic acids is 3. The van der Waals surface area contributed by atoms with Gasteiger partial charge in [0.2, 0.25) is 5.91 Å². The molecule has 31 heavy (non-hydrogen) atoms. The van der Waals surface area contributed by atoms with Gasteiger partial charge in [0.15, 0.2) is 11.5 Å². The number of rotatable bonds is 5. The molecule has 2 aliphatic heterocycles. The van der Waals surface area contributed by atoms with Gasteiger partial charge in [0.05, 0.1) is 26.0 Å². The molecule has 2 aromatic carbocycles. The van der Waals surface area contributed by atoms with Crippen LogP contribution >= 0.6 is 0 Å². The minimum atomic E-state index is -1.33. The first-order chi connectivity index (χ1) is 14.9. The molecule has 2 N–H and O–H groups in total. The fourth-order valence-electron chi connectivity index (χ4n) is 3.59. The van der Waals surface area contributed by atoms with Crippen LogP contribution in [0, 0.1) is 0 Å². The van der Waals surface area contributed by atoms with E-state index in [1.807, 2.05) is 0 Å². The Labute approximate surface area is 179 Å². The van der Waals surface area contributed by atoms with Gasteiger partial charge in [-0.1, -0.05) is 18.2 Å². The number of nitrogens with zero attached hydrogens (tertiary/aromatic N) is 1. The first kappa shape index (κ1) is 20.5. The number of urea groups is 1. The quantitative estimate of drug-likeness (QED) is 0.712. The highest BCUT2D eigenvalue weighted by Crippen LogP contribution is 2.36. The van der Waals surface area contributed by atoms with Crippen molar-refractivity contribution in [3.05, 3.63) is 48.0 Å². The lowest BCUT2D eigenvalue weighted by Crippen LogP contribution is -2.42. The Morgan fingerprint density at radius 2 is 1.90 bits per heavy atom. The van der Waals surface area contributed by atoms with E-state index in [2.05, 4.69) is 10.6 Å². The van der Waals surface area contributed by atoms with Crippen molar-refractivity contribution in [1.29, 1.82) is 0 Å². The van der Waals surface area contributed by atoms with Crippen LogP contribution in [0.4, 0.5) is 10.5 Å². The molecule has 162 valence electrons. The highest BCUT2D eigenvalue weighted by molar-refractivity contribution is 6.10. The van der Waals surface area contributed by atoms with Gasteiger partial charge < -0.3 is 24.8 Å². The largest absolute Gasteiger partial charge is 0.495 e. The SMILES string of the molecule is COc1ccccc1NC(=O)CN1C(=O)N[C@](C)(c2ccc3c(c2)OCCCO3)C1=O. The Morgan fingerprint density at radius 1 is 1.16 bits per heavy atom. The van der Waals surface area contributed by atoms with Crippen molar-refractivity contribution < 1.29 is 28.6 Å². The number of imide groups is 1. The van der Waals surface area contributed by atoms with Crippen LogP contribution in [0.1, 0.15) is 18.9 Å². The van der Waals surface area contributed by atoms with Crippen molar-refractivity contribution in [3.63, 3.8) is 0 Å². The van der Waals surface area contributed by atoms with Gasteiger partial charge in [0, 0.05) is 6.42 Å². The maximum atomic E-state index is 13.2. The molecule has 0 radical (unpaired) electrons.